The SMILES string of the molecule is Cn1c(=O)n(CC(=O)N2CCC(CO)C2)c2ccccc21. The number of hydrogen-bond donors (Lipinski definition) is 1. The Morgan fingerprint density at radius 1 is 1.33 bits per heavy atom. The zero-order valence-corrected chi connectivity index (χ0v) is 12.0. The third-order valence-corrected chi connectivity index (χ3v) is 4.24. The van der Waals surface area contributed by atoms with Crippen LogP contribution in [-0.2, 0) is 18.4 Å². The predicted molar refractivity (Wildman–Crippen MR) is 79.0 cm³/mol. The molecule has 1 saturated heterocycles. The number of carbonyl (C=O) groups is 1. The van der Waals surface area contributed by atoms with Crippen LogP contribution in [0.15, 0.2) is 29.1 Å². The van der Waals surface area contributed by atoms with Gasteiger partial charge in [0.15, 0.2) is 0 Å². The quantitative estimate of drug-likeness (QED) is 0.876. The molecular weight excluding hydrogens is 270 g/mol. The fourth-order valence-electron chi connectivity index (χ4n) is 2.96. The number of hydrogen-bond acceptors (Lipinski definition) is 3. The molecule has 1 aliphatic heterocycles. The number of aryl methyl sites for hydroxylation is 1. The van der Waals surface area contributed by atoms with Crippen LogP contribution in [0.5, 0.6) is 0 Å². The van der Waals surface area contributed by atoms with Crippen LogP contribution < -0.4 is 5.69 Å². The first kappa shape index (κ1) is 13.9. The second-order valence-corrected chi connectivity index (χ2v) is 5.59. The van der Waals surface area contributed by atoms with Crippen LogP contribution in [0.4, 0.5) is 0 Å². The first-order valence-corrected chi connectivity index (χ1v) is 7.14. The summed E-state index contributed by atoms with van der Waals surface area (Å²) in [4.78, 5) is 26.4. The van der Waals surface area contributed by atoms with Gasteiger partial charge in [0.1, 0.15) is 6.54 Å². The summed E-state index contributed by atoms with van der Waals surface area (Å²) in [5.41, 5.74) is 1.42. The van der Waals surface area contributed by atoms with Crippen molar-refractivity contribution in [2.75, 3.05) is 19.7 Å². The van der Waals surface area contributed by atoms with Crippen LogP contribution in [0.1, 0.15) is 6.42 Å². The van der Waals surface area contributed by atoms with Crippen molar-refractivity contribution >= 4 is 16.9 Å². The van der Waals surface area contributed by atoms with E-state index in [1.807, 2.05) is 24.3 Å². The number of aromatic nitrogens is 2. The molecule has 1 aromatic carbocycles. The highest BCUT2D eigenvalue weighted by Gasteiger charge is 2.26. The molecule has 1 aliphatic rings. The second kappa shape index (κ2) is 5.37. The zero-order chi connectivity index (χ0) is 15.0. The van der Waals surface area contributed by atoms with Gasteiger partial charge in [-0.3, -0.25) is 13.9 Å². The smallest absolute Gasteiger partial charge is 0.329 e. The van der Waals surface area contributed by atoms with E-state index < -0.39 is 0 Å². The molecule has 2 aromatic rings. The molecular formula is C15H19N3O3. The van der Waals surface area contributed by atoms with Crippen molar-refractivity contribution in [2.24, 2.45) is 13.0 Å². The summed E-state index contributed by atoms with van der Waals surface area (Å²) in [6.45, 7) is 1.40. The van der Waals surface area contributed by atoms with Crippen molar-refractivity contribution < 1.29 is 9.90 Å². The summed E-state index contributed by atoms with van der Waals surface area (Å²) in [5, 5.41) is 9.15. The Labute approximate surface area is 122 Å². The van der Waals surface area contributed by atoms with E-state index >= 15 is 0 Å². The Hall–Kier alpha value is -2.08. The number of nitrogens with zero attached hydrogens (tertiary/aromatic N) is 3. The number of para-hydroxylation sites is 2. The summed E-state index contributed by atoms with van der Waals surface area (Å²) in [7, 11) is 1.71. The minimum absolute atomic E-state index is 0.0539. The Balaban J connectivity index is 1.87. The molecule has 1 fully saturated rings. The van der Waals surface area contributed by atoms with Crippen LogP contribution in [0.25, 0.3) is 11.0 Å². The van der Waals surface area contributed by atoms with Gasteiger partial charge in [-0.1, -0.05) is 12.1 Å². The fraction of sp³-hybridized carbons (Fsp3) is 0.467. The maximum atomic E-state index is 12.4. The van der Waals surface area contributed by atoms with Crippen molar-refractivity contribution in [2.45, 2.75) is 13.0 Å². The van der Waals surface area contributed by atoms with Gasteiger partial charge >= 0.3 is 5.69 Å². The number of fused-ring (bicyclic) bond motifs is 1. The molecule has 21 heavy (non-hydrogen) atoms. The number of rotatable bonds is 3. The molecule has 1 unspecified atom stereocenters. The van der Waals surface area contributed by atoms with Gasteiger partial charge in [0.25, 0.3) is 0 Å². The molecule has 112 valence electrons. The Kier molecular flexibility index (Phi) is 3.55. The second-order valence-electron chi connectivity index (χ2n) is 5.59. The molecule has 1 aromatic heterocycles. The molecule has 1 amide bonds. The van der Waals surface area contributed by atoms with Gasteiger partial charge < -0.3 is 10.0 Å². The summed E-state index contributed by atoms with van der Waals surface area (Å²) in [5.74, 6) is 0.0996. The lowest BCUT2D eigenvalue weighted by Gasteiger charge is -2.16. The number of benzene rings is 1. The molecule has 1 N–H and O–H groups in total. The Morgan fingerprint density at radius 3 is 2.71 bits per heavy atom. The van der Waals surface area contributed by atoms with E-state index in [-0.39, 0.29) is 30.7 Å². The first-order chi connectivity index (χ1) is 10.1. The summed E-state index contributed by atoms with van der Waals surface area (Å²) < 4.78 is 3.08. The minimum Gasteiger partial charge on any atom is -0.396 e. The van der Waals surface area contributed by atoms with E-state index in [0.29, 0.717) is 13.1 Å². The van der Waals surface area contributed by atoms with Gasteiger partial charge in [-0.05, 0) is 18.6 Å². The van der Waals surface area contributed by atoms with Crippen molar-refractivity contribution in [3.63, 3.8) is 0 Å². The van der Waals surface area contributed by atoms with Crippen molar-refractivity contribution in [1.29, 1.82) is 0 Å². The van der Waals surface area contributed by atoms with Gasteiger partial charge in [-0.2, -0.15) is 0 Å². The third kappa shape index (κ3) is 2.35. The molecule has 6 heteroatoms. The van der Waals surface area contributed by atoms with Gasteiger partial charge in [0, 0.05) is 32.7 Å². The molecule has 0 saturated carbocycles. The molecule has 1 atom stereocenters. The third-order valence-electron chi connectivity index (χ3n) is 4.24. The van der Waals surface area contributed by atoms with Crippen LogP contribution >= 0.6 is 0 Å². The highest BCUT2D eigenvalue weighted by molar-refractivity contribution is 5.81. The molecule has 0 spiro atoms. The lowest BCUT2D eigenvalue weighted by atomic mass is 10.1. The fourth-order valence-corrected chi connectivity index (χ4v) is 2.96. The Morgan fingerprint density at radius 2 is 2.05 bits per heavy atom. The van der Waals surface area contributed by atoms with Crippen molar-refractivity contribution in [3.05, 3.63) is 34.7 Å². The topological polar surface area (TPSA) is 67.5 Å². The molecule has 0 aliphatic carbocycles. The molecule has 0 radical (unpaired) electrons. The molecule has 2 heterocycles. The van der Waals surface area contributed by atoms with Crippen molar-refractivity contribution in [1.82, 2.24) is 14.0 Å². The standard InChI is InChI=1S/C15H19N3O3/c1-16-12-4-2-3-5-13(12)18(15(16)21)9-14(20)17-7-6-11(8-17)10-19/h2-5,11,19H,6-10H2,1H3. The predicted octanol–water partition coefficient (Wildman–Crippen LogP) is 0.181. The van der Waals surface area contributed by atoms with E-state index in [1.165, 1.54) is 4.57 Å². The van der Waals surface area contributed by atoms with Gasteiger partial charge in [0.2, 0.25) is 5.91 Å². The van der Waals surface area contributed by atoms with Gasteiger partial charge in [0.05, 0.1) is 11.0 Å². The lowest BCUT2D eigenvalue weighted by Crippen LogP contribution is -2.35. The molecule has 6 nitrogen and oxygen atoms in total. The zero-order valence-electron chi connectivity index (χ0n) is 12.0. The number of likely N-dealkylation sites (tertiary alicyclic amines) is 1. The first-order valence-electron chi connectivity index (χ1n) is 7.14. The average Bonchev–Trinajstić information content (AvgIpc) is 3.07. The van der Waals surface area contributed by atoms with Crippen LogP contribution in [0, 0.1) is 5.92 Å². The number of aliphatic hydroxyl groups excluding tert-OH is 1. The van der Waals surface area contributed by atoms with E-state index in [2.05, 4.69) is 0 Å². The molecule has 0 bridgehead atoms. The maximum absolute atomic E-state index is 12.4. The largest absolute Gasteiger partial charge is 0.396 e. The van der Waals surface area contributed by atoms with E-state index in [4.69, 9.17) is 5.11 Å². The Bertz CT molecular complexity index is 731. The lowest BCUT2D eigenvalue weighted by molar-refractivity contribution is -0.130. The average molecular weight is 289 g/mol. The summed E-state index contributed by atoms with van der Waals surface area (Å²) in [6, 6.07) is 7.46. The molecule has 3 rings (SSSR count). The van der Waals surface area contributed by atoms with E-state index in [0.717, 1.165) is 17.5 Å². The van der Waals surface area contributed by atoms with Crippen LogP contribution in [0.2, 0.25) is 0 Å². The van der Waals surface area contributed by atoms with Gasteiger partial charge in [-0.15, -0.1) is 0 Å². The number of aliphatic hydroxyl groups is 1. The number of imidazole rings is 1. The highest BCUT2D eigenvalue weighted by Crippen LogP contribution is 2.17. The normalized spacial score (nSPS) is 18.6. The van der Waals surface area contributed by atoms with E-state index in [9.17, 15) is 9.59 Å². The summed E-state index contributed by atoms with van der Waals surface area (Å²) in [6.07, 6.45) is 0.826. The highest BCUT2D eigenvalue weighted by atomic mass is 16.3. The van der Waals surface area contributed by atoms with Crippen LogP contribution in [0.3, 0.4) is 0 Å². The number of amides is 1. The van der Waals surface area contributed by atoms with Crippen molar-refractivity contribution in [3.8, 4) is 0 Å². The van der Waals surface area contributed by atoms with E-state index in [1.54, 1.807) is 16.5 Å². The van der Waals surface area contributed by atoms with Crippen LogP contribution in [-0.4, -0.2) is 44.7 Å². The van der Waals surface area contributed by atoms with Gasteiger partial charge in [-0.25, -0.2) is 4.79 Å². The summed E-state index contributed by atoms with van der Waals surface area (Å²) >= 11 is 0. The minimum atomic E-state index is -0.178. The monoisotopic (exact) mass is 289 g/mol. The maximum Gasteiger partial charge on any atom is 0.329 e. The number of carbonyl (C=O) groups excluding carboxylic acids is 1.